The summed E-state index contributed by atoms with van der Waals surface area (Å²) in [4.78, 5) is 2.16. The van der Waals surface area contributed by atoms with Crippen LogP contribution in [-0.2, 0) is 0 Å². The van der Waals surface area contributed by atoms with Crippen molar-refractivity contribution in [2.75, 3.05) is 18.0 Å². The van der Waals surface area contributed by atoms with Crippen molar-refractivity contribution >= 4 is 16.6 Å². The van der Waals surface area contributed by atoms with Gasteiger partial charge in [0, 0.05) is 42.3 Å². The highest BCUT2D eigenvalue weighted by Gasteiger charge is 2.23. The Hall–Kier alpha value is -2.67. The number of aromatic nitrogens is 2. The predicted molar refractivity (Wildman–Crippen MR) is 82.8 cm³/mol. The van der Waals surface area contributed by atoms with Gasteiger partial charge in [0.1, 0.15) is 0 Å². The quantitative estimate of drug-likeness (QED) is 0.760. The van der Waals surface area contributed by atoms with Gasteiger partial charge in [0.15, 0.2) is 17.4 Å². The molecule has 0 atom stereocenters. The van der Waals surface area contributed by atoms with Crippen LogP contribution >= 0.6 is 0 Å². The van der Waals surface area contributed by atoms with Gasteiger partial charge in [0.2, 0.25) is 0 Å². The average molecular weight is 316 g/mol. The third-order valence-corrected chi connectivity index (χ3v) is 4.06. The van der Waals surface area contributed by atoms with Crippen LogP contribution < -0.4 is 10.6 Å². The molecule has 0 saturated carbocycles. The minimum Gasteiger partial charge on any atom is -0.505 e. The smallest absolute Gasteiger partial charge is 0.200 e. The van der Waals surface area contributed by atoms with Crippen molar-refractivity contribution in [2.24, 2.45) is 5.73 Å². The molecule has 1 saturated heterocycles. The number of phenolic OH excluding ortho intramolecular Hbond substituents is 1. The monoisotopic (exact) mass is 316 g/mol. The molecular formula is C16H14F2N4O. The maximum atomic E-state index is 13.5. The molecule has 23 heavy (non-hydrogen) atoms. The molecule has 118 valence electrons. The highest BCUT2D eigenvalue weighted by Crippen LogP contribution is 2.28. The van der Waals surface area contributed by atoms with E-state index in [9.17, 15) is 13.9 Å². The fourth-order valence-electron chi connectivity index (χ4n) is 2.83. The van der Waals surface area contributed by atoms with Crippen LogP contribution in [0.1, 0.15) is 0 Å². The number of fused-ring (bicyclic) bond motifs is 1. The number of aromatic hydroxyl groups is 1. The standard InChI is InChI=1S/C16H14F2N4O/c17-13-4-12(5-15(23)16(13)18)22-14-2-1-11(3-9(14)6-20-22)21-7-10(19)8-21/h1-6,10,23H,7-8,19H2. The molecule has 4 rings (SSSR count). The van der Waals surface area contributed by atoms with E-state index in [-0.39, 0.29) is 11.7 Å². The number of halogens is 2. The minimum atomic E-state index is -1.26. The van der Waals surface area contributed by atoms with E-state index in [0.29, 0.717) is 0 Å². The zero-order chi connectivity index (χ0) is 16.1. The molecular weight excluding hydrogens is 302 g/mol. The summed E-state index contributed by atoms with van der Waals surface area (Å²) < 4.78 is 28.2. The molecule has 0 bridgehead atoms. The molecule has 1 aliphatic rings. The first-order valence-corrected chi connectivity index (χ1v) is 7.19. The first-order chi connectivity index (χ1) is 11.0. The Morgan fingerprint density at radius 2 is 1.91 bits per heavy atom. The number of rotatable bonds is 2. The summed E-state index contributed by atoms with van der Waals surface area (Å²) >= 11 is 0. The highest BCUT2D eigenvalue weighted by atomic mass is 19.2. The van der Waals surface area contributed by atoms with Gasteiger partial charge in [-0.2, -0.15) is 9.49 Å². The number of nitrogens with zero attached hydrogens (tertiary/aromatic N) is 3. The normalized spacial score (nSPS) is 15.2. The van der Waals surface area contributed by atoms with E-state index < -0.39 is 17.4 Å². The third-order valence-electron chi connectivity index (χ3n) is 4.06. The van der Waals surface area contributed by atoms with Gasteiger partial charge < -0.3 is 15.7 Å². The molecule has 2 aromatic carbocycles. The van der Waals surface area contributed by atoms with Crippen molar-refractivity contribution in [1.82, 2.24) is 9.78 Å². The van der Waals surface area contributed by atoms with Crippen molar-refractivity contribution in [2.45, 2.75) is 6.04 Å². The van der Waals surface area contributed by atoms with Gasteiger partial charge in [0.25, 0.3) is 0 Å². The average Bonchev–Trinajstić information content (AvgIpc) is 2.92. The van der Waals surface area contributed by atoms with Gasteiger partial charge in [-0.25, -0.2) is 9.07 Å². The van der Waals surface area contributed by atoms with Gasteiger partial charge in [-0.1, -0.05) is 0 Å². The summed E-state index contributed by atoms with van der Waals surface area (Å²) in [7, 11) is 0. The second-order valence-corrected chi connectivity index (χ2v) is 5.73. The Morgan fingerprint density at radius 1 is 1.13 bits per heavy atom. The molecule has 0 unspecified atom stereocenters. The van der Waals surface area contributed by atoms with E-state index in [1.54, 1.807) is 6.20 Å². The lowest BCUT2D eigenvalue weighted by Crippen LogP contribution is -2.55. The largest absolute Gasteiger partial charge is 0.505 e. The van der Waals surface area contributed by atoms with Crippen LogP contribution in [0.3, 0.4) is 0 Å². The van der Waals surface area contributed by atoms with Gasteiger partial charge >= 0.3 is 0 Å². The Bertz CT molecular complexity index is 879. The third kappa shape index (κ3) is 2.20. The minimum absolute atomic E-state index is 0.207. The number of benzene rings is 2. The molecule has 1 fully saturated rings. The van der Waals surface area contributed by atoms with Gasteiger partial charge in [-0.05, 0) is 18.2 Å². The predicted octanol–water partition coefficient (Wildman–Crippen LogP) is 2.16. The molecule has 0 radical (unpaired) electrons. The first-order valence-electron chi connectivity index (χ1n) is 7.19. The van der Waals surface area contributed by atoms with E-state index in [4.69, 9.17) is 5.73 Å². The molecule has 1 aliphatic heterocycles. The topological polar surface area (TPSA) is 67.3 Å². The summed E-state index contributed by atoms with van der Waals surface area (Å²) in [6.45, 7) is 1.63. The number of hydrogen-bond donors (Lipinski definition) is 2. The second-order valence-electron chi connectivity index (χ2n) is 5.73. The van der Waals surface area contributed by atoms with Gasteiger partial charge in [-0.3, -0.25) is 0 Å². The molecule has 7 heteroatoms. The van der Waals surface area contributed by atoms with Crippen LogP contribution in [0.4, 0.5) is 14.5 Å². The highest BCUT2D eigenvalue weighted by molar-refractivity contribution is 5.84. The summed E-state index contributed by atoms with van der Waals surface area (Å²) in [5, 5.41) is 14.5. The Morgan fingerprint density at radius 3 is 2.61 bits per heavy atom. The number of hydrogen-bond acceptors (Lipinski definition) is 4. The molecule has 0 amide bonds. The first kappa shape index (κ1) is 14.0. The molecule has 0 aliphatic carbocycles. The SMILES string of the molecule is NC1CN(c2ccc3c(cnn3-c3cc(O)c(F)c(F)c3)c2)C1. The molecule has 1 aromatic heterocycles. The lowest BCUT2D eigenvalue weighted by Gasteiger charge is -2.38. The fraction of sp³-hybridized carbons (Fsp3) is 0.188. The Kier molecular flexibility index (Phi) is 2.99. The summed E-state index contributed by atoms with van der Waals surface area (Å²) in [5.41, 5.74) is 7.84. The molecule has 3 N–H and O–H groups in total. The molecule has 3 aromatic rings. The molecule has 5 nitrogen and oxygen atoms in total. The maximum Gasteiger partial charge on any atom is 0.200 e. The van der Waals surface area contributed by atoms with Crippen molar-refractivity contribution in [1.29, 1.82) is 0 Å². The number of phenols is 1. The van der Waals surface area contributed by atoms with E-state index in [1.807, 2.05) is 18.2 Å². The van der Waals surface area contributed by atoms with Crippen LogP contribution in [0, 0.1) is 11.6 Å². The molecule has 2 heterocycles. The molecule has 0 spiro atoms. The van der Waals surface area contributed by atoms with Crippen molar-refractivity contribution in [3.05, 3.63) is 48.2 Å². The number of anilines is 1. The summed E-state index contributed by atoms with van der Waals surface area (Å²) in [6, 6.07) is 8.13. The fourth-order valence-corrected chi connectivity index (χ4v) is 2.83. The zero-order valence-electron chi connectivity index (χ0n) is 12.1. The van der Waals surface area contributed by atoms with Crippen LogP contribution in [0.25, 0.3) is 16.6 Å². The van der Waals surface area contributed by atoms with Crippen molar-refractivity contribution < 1.29 is 13.9 Å². The van der Waals surface area contributed by atoms with Crippen molar-refractivity contribution in [3.8, 4) is 11.4 Å². The van der Waals surface area contributed by atoms with E-state index in [1.165, 1.54) is 4.68 Å². The van der Waals surface area contributed by atoms with Crippen LogP contribution in [0.5, 0.6) is 5.75 Å². The van der Waals surface area contributed by atoms with Crippen LogP contribution in [-0.4, -0.2) is 34.0 Å². The van der Waals surface area contributed by atoms with E-state index in [0.717, 1.165) is 41.8 Å². The summed E-state index contributed by atoms with van der Waals surface area (Å²) in [5.74, 6) is -3.12. The van der Waals surface area contributed by atoms with E-state index >= 15 is 0 Å². The van der Waals surface area contributed by atoms with Crippen LogP contribution in [0.15, 0.2) is 36.5 Å². The van der Waals surface area contributed by atoms with Gasteiger partial charge in [0.05, 0.1) is 17.4 Å². The zero-order valence-corrected chi connectivity index (χ0v) is 12.1. The Balaban J connectivity index is 1.77. The summed E-state index contributed by atoms with van der Waals surface area (Å²) in [6.07, 6.45) is 1.65. The second kappa shape index (κ2) is 4.92. The Labute approximate surface area is 130 Å². The van der Waals surface area contributed by atoms with E-state index in [2.05, 4.69) is 10.00 Å². The van der Waals surface area contributed by atoms with Gasteiger partial charge in [-0.15, -0.1) is 0 Å². The maximum absolute atomic E-state index is 13.5. The number of nitrogens with two attached hydrogens (primary N) is 1. The lowest BCUT2D eigenvalue weighted by atomic mass is 10.1. The lowest BCUT2D eigenvalue weighted by molar-refractivity contribution is 0.406. The van der Waals surface area contributed by atoms with Crippen LogP contribution in [0.2, 0.25) is 0 Å². The van der Waals surface area contributed by atoms with Crippen molar-refractivity contribution in [3.63, 3.8) is 0 Å².